The van der Waals surface area contributed by atoms with E-state index in [9.17, 15) is 4.79 Å². The first-order valence-corrected chi connectivity index (χ1v) is 9.05. The van der Waals surface area contributed by atoms with E-state index >= 15 is 0 Å². The van der Waals surface area contributed by atoms with Crippen LogP contribution in [-0.4, -0.2) is 27.5 Å². The van der Waals surface area contributed by atoms with E-state index in [4.69, 9.17) is 16.0 Å². The fourth-order valence-electron chi connectivity index (χ4n) is 3.51. The summed E-state index contributed by atoms with van der Waals surface area (Å²) in [5.74, 6) is 2.63. The van der Waals surface area contributed by atoms with E-state index in [1.54, 1.807) is 6.07 Å². The largest absolute Gasteiger partial charge is 0.465 e. The van der Waals surface area contributed by atoms with Crippen molar-refractivity contribution in [3.8, 4) is 0 Å². The van der Waals surface area contributed by atoms with E-state index < -0.39 is 0 Å². The van der Waals surface area contributed by atoms with Crippen LogP contribution in [0.4, 0.5) is 0 Å². The summed E-state index contributed by atoms with van der Waals surface area (Å²) in [5.41, 5.74) is 1.78. The van der Waals surface area contributed by atoms with Crippen LogP contribution < -0.4 is 5.56 Å². The number of benzene rings is 1. The van der Waals surface area contributed by atoms with Crippen LogP contribution in [0.5, 0.6) is 0 Å². The molecule has 0 N–H and O–H groups in total. The van der Waals surface area contributed by atoms with Crippen LogP contribution in [0.2, 0.25) is 5.02 Å². The molecule has 2 aromatic heterocycles. The third-order valence-corrected chi connectivity index (χ3v) is 4.98. The van der Waals surface area contributed by atoms with Crippen molar-refractivity contribution in [1.82, 2.24) is 14.5 Å². The molecule has 4 rings (SSSR count). The van der Waals surface area contributed by atoms with Gasteiger partial charge in [-0.15, -0.1) is 0 Å². The zero-order chi connectivity index (χ0) is 18.3. The van der Waals surface area contributed by atoms with Crippen molar-refractivity contribution in [3.05, 3.63) is 69.1 Å². The molecule has 0 atom stereocenters. The van der Waals surface area contributed by atoms with Crippen molar-refractivity contribution in [2.75, 3.05) is 13.1 Å². The highest BCUT2D eigenvalue weighted by Crippen LogP contribution is 2.25. The second-order valence-electron chi connectivity index (χ2n) is 6.65. The van der Waals surface area contributed by atoms with Gasteiger partial charge in [0.2, 0.25) is 0 Å². The molecule has 0 saturated carbocycles. The van der Waals surface area contributed by atoms with Crippen LogP contribution >= 0.6 is 11.6 Å². The first-order valence-electron chi connectivity index (χ1n) is 8.67. The molecule has 5 nitrogen and oxygen atoms in total. The molecule has 6 heteroatoms. The first kappa shape index (κ1) is 17.1. The Hall–Kier alpha value is -2.37. The molecule has 0 aliphatic carbocycles. The predicted molar refractivity (Wildman–Crippen MR) is 103 cm³/mol. The summed E-state index contributed by atoms with van der Waals surface area (Å²) in [6.45, 7) is 6.38. The Balaban J connectivity index is 1.65. The van der Waals surface area contributed by atoms with Crippen LogP contribution in [0, 0.1) is 13.8 Å². The van der Waals surface area contributed by atoms with Gasteiger partial charge in [0, 0.05) is 30.2 Å². The number of hydrogen-bond donors (Lipinski definition) is 0. The summed E-state index contributed by atoms with van der Waals surface area (Å²) in [6.07, 6.45) is 3.08. The third-order valence-electron chi connectivity index (χ3n) is 4.75. The lowest BCUT2D eigenvalue weighted by Crippen LogP contribution is -2.29. The molecule has 0 bridgehead atoms. The van der Waals surface area contributed by atoms with Crippen molar-refractivity contribution in [1.29, 1.82) is 0 Å². The van der Waals surface area contributed by atoms with Gasteiger partial charge in [-0.1, -0.05) is 17.7 Å². The molecule has 1 aromatic carbocycles. The maximum absolute atomic E-state index is 12.2. The molecule has 1 aliphatic heterocycles. The van der Waals surface area contributed by atoms with Gasteiger partial charge in [0.25, 0.3) is 5.56 Å². The fraction of sp³-hybridized carbons (Fsp3) is 0.300. The number of nitrogens with zero attached hydrogens (tertiary/aromatic N) is 3. The van der Waals surface area contributed by atoms with Crippen LogP contribution in [0.1, 0.15) is 23.8 Å². The van der Waals surface area contributed by atoms with Crippen LogP contribution in [0.25, 0.3) is 16.6 Å². The average Bonchev–Trinajstić information content (AvgIpc) is 3.02. The Bertz CT molecular complexity index is 1060. The van der Waals surface area contributed by atoms with Gasteiger partial charge >= 0.3 is 0 Å². The molecule has 134 valence electrons. The van der Waals surface area contributed by atoms with Gasteiger partial charge in [-0.25, -0.2) is 0 Å². The summed E-state index contributed by atoms with van der Waals surface area (Å²) in [5, 5.41) is 1.10. The molecule has 0 amide bonds. The number of aromatic nitrogens is 2. The Kier molecular flexibility index (Phi) is 4.42. The van der Waals surface area contributed by atoms with Crippen LogP contribution in [-0.2, 0) is 6.54 Å². The Morgan fingerprint density at radius 1 is 1.23 bits per heavy atom. The molecular weight excluding hydrogens is 350 g/mol. The zero-order valence-corrected chi connectivity index (χ0v) is 15.6. The van der Waals surface area contributed by atoms with Crippen molar-refractivity contribution >= 4 is 28.2 Å². The number of fused-ring (bicyclic) bond motifs is 1. The van der Waals surface area contributed by atoms with Crippen molar-refractivity contribution in [2.45, 2.75) is 26.8 Å². The molecule has 0 unspecified atom stereocenters. The van der Waals surface area contributed by atoms with Crippen LogP contribution in [0.15, 0.2) is 45.6 Å². The third kappa shape index (κ3) is 3.20. The summed E-state index contributed by atoms with van der Waals surface area (Å²) >= 11 is 6.06. The Labute approximate surface area is 156 Å². The summed E-state index contributed by atoms with van der Waals surface area (Å²) < 4.78 is 7.74. The van der Waals surface area contributed by atoms with E-state index in [1.807, 2.05) is 38.1 Å². The highest BCUT2D eigenvalue weighted by molar-refractivity contribution is 6.31. The maximum Gasteiger partial charge on any atom is 0.280 e. The number of rotatable bonds is 3. The van der Waals surface area contributed by atoms with E-state index in [1.165, 1.54) is 0 Å². The first-order chi connectivity index (χ1) is 12.5. The van der Waals surface area contributed by atoms with E-state index in [2.05, 4.69) is 20.5 Å². The van der Waals surface area contributed by atoms with E-state index in [-0.39, 0.29) is 5.56 Å². The maximum atomic E-state index is 12.2. The van der Waals surface area contributed by atoms with E-state index in [0.29, 0.717) is 16.2 Å². The molecule has 1 aliphatic rings. The van der Waals surface area contributed by atoms with Crippen molar-refractivity contribution in [2.24, 2.45) is 0 Å². The standard InChI is InChI=1S/C20H20ClN3O2/c1-13-3-5-17(26-13)12-23-9-7-16(8-10-23)24-14(2)22-20(25)18-11-15(21)4-6-19(18)24/h3-7,11H,8-10,12H2,1-2H3. The molecule has 3 aromatic rings. The minimum Gasteiger partial charge on any atom is -0.465 e. The van der Waals surface area contributed by atoms with Gasteiger partial charge in [0.1, 0.15) is 17.3 Å². The van der Waals surface area contributed by atoms with Gasteiger partial charge in [-0.05, 0) is 44.2 Å². The summed E-state index contributed by atoms with van der Waals surface area (Å²) in [6, 6.07) is 9.42. The number of halogens is 1. The predicted octanol–water partition coefficient (Wildman–Crippen LogP) is 4.01. The SMILES string of the molecule is Cc1ccc(CN2CC=C(n3c(C)nc(=O)c4cc(Cl)ccc43)CC2)o1. The van der Waals surface area contributed by atoms with Crippen LogP contribution in [0.3, 0.4) is 0 Å². The van der Waals surface area contributed by atoms with Crippen molar-refractivity contribution in [3.63, 3.8) is 0 Å². The normalized spacial score (nSPS) is 15.4. The molecule has 3 heterocycles. The monoisotopic (exact) mass is 369 g/mol. The highest BCUT2D eigenvalue weighted by Gasteiger charge is 2.18. The second kappa shape index (κ2) is 6.74. The molecule has 26 heavy (non-hydrogen) atoms. The lowest BCUT2D eigenvalue weighted by molar-refractivity contribution is 0.263. The number of hydrogen-bond acceptors (Lipinski definition) is 4. The van der Waals surface area contributed by atoms with E-state index in [0.717, 1.165) is 48.8 Å². The summed E-state index contributed by atoms with van der Waals surface area (Å²) in [4.78, 5) is 18.7. The molecule has 0 fully saturated rings. The van der Waals surface area contributed by atoms with Gasteiger partial charge in [0.05, 0.1) is 17.4 Å². The average molecular weight is 370 g/mol. The molecule has 0 saturated heterocycles. The lowest BCUT2D eigenvalue weighted by Gasteiger charge is -2.27. The highest BCUT2D eigenvalue weighted by atomic mass is 35.5. The lowest BCUT2D eigenvalue weighted by atomic mass is 10.1. The minimum absolute atomic E-state index is 0.234. The van der Waals surface area contributed by atoms with Gasteiger partial charge in [-0.2, -0.15) is 4.98 Å². The zero-order valence-electron chi connectivity index (χ0n) is 14.8. The Morgan fingerprint density at radius 2 is 2.08 bits per heavy atom. The quantitative estimate of drug-likeness (QED) is 0.700. The summed E-state index contributed by atoms with van der Waals surface area (Å²) in [7, 11) is 0. The van der Waals surface area contributed by atoms with Gasteiger partial charge < -0.3 is 8.98 Å². The molecular formula is C20H20ClN3O2. The fourth-order valence-corrected chi connectivity index (χ4v) is 3.68. The Morgan fingerprint density at radius 3 is 2.77 bits per heavy atom. The smallest absolute Gasteiger partial charge is 0.280 e. The van der Waals surface area contributed by atoms with Gasteiger partial charge in [-0.3, -0.25) is 9.69 Å². The van der Waals surface area contributed by atoms with Crippen molar-refractivity contribution < 1.29 is 4.42 Å². The molecule has 0 radical (unpaired) electrons. The topological polar surface area (TPSA) is 51.3 Å². The second-order valence-corrected chi connectivity index (χ2v) is 7.09. The minimum atomic E-state index is -0.234. The molecule has 0 spiro atoms. The number of furan rings is 1. The van der Waals surface area contributed by atoms with Gasteiger partial charge in [0.15, 0.2) is 0 Å². The number of aryl methyl sites for hydroxylation is 2.